The molecule has 1 heterocycles. The summed E-state index contributed by atoms with van der Waals surface area (Å²) in [5.41, 5.74) is 0.734. The molecule has 0 aliphatic rings. The lowest BCUT2D eigenvalue weighted by Crippen LogP contribution is -2.28. The predicted molar refractivity (Wildman–Crippen MR) is 67.0 cm³/mol. The van der Waals surface area contributed by atoms with Crippen molar-refractivity contribution in [2.75, 3.05) is 13.6 Å². The van der Waals surface area contributed by atoms with Crippen molar-refractivity contribution < 1.29 is 17.9 Å². The van der Waals surface area contributed by atoms with Gasteiger partial charge in [0, 0.05) is 19.7 Å². The van der Waals surface area contributed by atoms with E-state index in [-0.39, 0.29) is 28.5 Å². The van der Waals surface area contributed by atoms with Crippen molar-refractivity contribution in [2.45, 2.75) is 18.4 Å². The van der Waals surface area contributed by atoms with Crippen molar-refractivity contribution in [2.24, 2.45) is 0 Å². The summed E-state index contributed by atoms with van der Waals surface area (Å²) in [6, 6.07) is 1.30. The van der Waals surface area contributed by atoms with Gasteiger partial charge in [0.2, 0.25) is 10.0 Å². The molecule has 0 spiro atoms. The molecule has 5 nitrogen and oxygen atoms in total. The number of rotatable bonds is 5. The van der Waals surface area contributed by atoms with Crippen LogP contribution in [0.3, 0.4) is 0 Å². The van der Waals surface area contributed by atoms with Gasteiger partial charge in [-0.2, -0.15) is 4.31 Å². The average Bonchev–Trinajstić information content (AvgIpc) is 2.59. The Morgan fingerprint density at radius 3 is 2.65 bits per heavy atom. The molecule has 1 aromatic rings. The van der Waals surface area contributed by atoms with Crippen LogP contribution in [-0.2, 0) is 16.6 Å². The Morgan fingerprint density at radius 1 is 1.65 bits per heavy atom. The molecule has 0 radical (unpaired) electrons. The predicted octanol–water partition coefficient (Wildman–Crippen LogP) is 1.73. The van der Waals surface area contributed by atoms with Crippen LogP contribution < -0.4 is 0 Å². The number of hydrogen-bond donors (Lipinski definition) is 1. The minimum absolute atomic E-state index is 0.00491. The molecule has 0 saturated carbocycles. The number of nitrogens with zero attached hydrogens (tertiary/aromatic N) is 1. The monoisotopic (exact) mass is 323 g/mol. The van der Waals surface area contributed by atoms with E-state index in [0.29, 0.717) is 0 Å². The maximum Gasteiger partial charge on any atom is 0.247 e. The van der Waals surface area contributed by atoms with Crippen LogP contribution in [0.4, 0.5) is 0 Å². The van der Waals surface area contributed by atoms with Crippen molar-refractivity contribution in [1.82, 2.24) is 4.31 Å². The second-order valence-corrected chi connectivity index (χ2v) is 6.46. The largest absolute Gasteiger partial charge is 0.450 e. The summed E-state index contributed by atoms with van der Waals surface area (Å²) >= 11 is 3.02. The van der Waals surface area contributed by atoms with Crippen molar-refractivity contribution in [3.8, 4) is 0 Å². The minimum atomic E-state index is -3.63. The molecule has 0 atom stereocenters. The van der Waals surface area contributed by atoms with Gasteiger partial charge >= 0.3 is 0 Å². The number of aliphatic hydroxyl groups excluding tert-OH is 1. The van der Waals surface area contributed by atoms with Gasteiger partial charge in [-0.3, -0.25) is 0 Å². The molecular formula is C10H14BrNO4S. The van der Waals surface area contributed by atoms with Crippen LogP contribution in [0.25, 0.3) is 0 Å². The first-order valence-electron chi connectivity index (χ1n) is 4.78. The first kappa shape index (κ1) is 14.4. The normalized spacial score (nSPS) is 12.1. The number of halogens is 1. The van der Waals surface area contributed by atoms with Crippen LogP contribution in [0.15, 0.2) is 32.2 Å². The fourth-order valence-corrected chi connectivity index (χ4v) is 3.47. The second-order valence-electron chi connectivity index (χ2n) is 3.73. The number of hydrogen-bond acceptors (Lipinski definition) is 4. The molecule has 0 amide bonds. The maximum atomic E-state index is 12.1. The van der Waals surface area contributed by atoms with Crippen molar-refractivity contribution >= 4 is 26.0 Å². The summed E-state index contributed by atoms with van der Waals surface area (Å²) < 4.78 is 30.6. The van der Waals surface area contributed by atoms with E-state index in [1.165, 1.54) is 17.4 Å². The van der Waals surface area contributed by atoms with Crippen molar-refractivity contribution in [1.29, 1.82) is 0 Å². The van der Waals surface area contributed by atoms with E-state index in [0.717, 1.165) is 5.57 Å². The maximum absolute atomic E-state index is 12.1. The Bertz CT molecular complexity index is 520. The SMILES string of the molecule is C=C(C)CN(C)S(=O)(=O)c1cc(CO)oc1Br. The summed E-state index contributed by atoms with van der Waals surface area (Å²) in [5.74, 6) is 0.194. The molecule has 0 aliphatic carbocycles. The highest BCUT2D eigenvalue weighted by Crippen LogP contribution is 2.28. The zero-order valence-corrected chi connectivity index (χ0v) is 12.0. The van der Waals surface area contributed by atoms with Gasteiger partial charge < -0.3 is 9.52 Å². The molecule has 0 unspecified atom stereocenters. The van der Waals surface area contributed by atoms with Crippen molar-refractivity contribution in [3.05, 3.63) is 28.6 Å². The van der Waals surface area contributed by atoms with Gasteiger partial charge in [-0.15, -0.1) is 0 Å². The van der Waals surface area contributed by atoms with Crippen LogP contribution in [0.1, 0.15) is 12.7 Å². The molecule has 0 aliphatic heterocycles. The number of likely N-dealkylation sites (N-methyl/N-ethyl adjacent to an activating group) is 1. The van der Waals surface area contributed by atoms with E-state index >= 15 is 0 Å². The summed E-state index contributed by atoms with van der Waals surface area (Å²) in [7, 11) is -2.17. The van der Waals surface area contributed by atoms with Crippen LogP contribution in [0.5, 0.6) is 0 Å². The standard InChI is InChI=1S/C10H14BrNO4S/c1-7(2)5-12(3)17(14,15)9-4-8(6-13)16-10(9)11/h4,13H,1,5-6H2,2-3H3. The Hall–Kier alpha value is -0.630. The van der Waals surface area contributed by atoms with Gasteiger partial charge in [0.1, 0.15) is 17.3 Å². The Balaban J connectivity index is 3.12. The molecule has 0 saturated heterocycles. The van der Waals surface area contributed by atoms with E-state index in [1.54, 1.807) is 6.92 Å². The zero-order valence-electron chi connectivity index (χ0n) is 9.60. The molecule has 0 aromatic carbocycles. The summed E-state index contributed by atoms with van der Waals surface area (Å²) in [6.45, 7) is 5.29. The lowest BCUT2D eigenvalue weighted by molar-refractivity contribution is 0.245. The topological polar surface area (TPSA) is 70.8 Å². The van der Waals surface area contributed by atoms with Gasteiger partial charge in [-0.1, -0.05) is 12.2 Å². The van der Waals surface area contributed by atoms with Gasteiger partial charge in [0.15, 0.2) is 4.67 Å². The zero-order chi connectivity index (χ0) is 13.2. The molecular weight excluding hydrogens is 310 g/mol. The molecule has 1 rings (SSSR count). The lowest BCUT2D eigenvalue weighted by atomic mass is 10.4. The molecule has 17 heavy (non-hydrogen) atoms. The molecule has 0 fully saturated rings. The molecule has 1 N–H and O–H groups in total. The first-order valence-corrected chi connectivity index (χ1v) is 7.02. The Morgan fingerprint density at radius 2 is 2.24 bits per heavy atom. The fraction of sp³-hybridized carbons (Fsp3) is 0.400. The van der Waals surface area contributed by atoms with Gasteiger partial charge in [0.05, 0.1) is 0 Å². The fourth-order valence-electron chi connectivity index (χ4n) is 1.28. The summed E-state index contributed by atoms with van der Waals surface area (Å²) in [6.07, 6.45) is 0. The second kappa shape index (κ2) is 5.34. The van der Waals surface area contributed by atoms with E-state index in [2.05, 4.69) is 22.5 Å². The minimum Gasteiger partial charge on any atom is -0.450 e. The van der Waals surface area contributed by atoms with Crippen LogP contribution in [0, 0.1) is 0 Å². The number of furan rings is 1. The Labute approximate surface area is 109 Å². The quantitative estimate of drug-likeness (QED) is 0.838. The van der Waals surface area contributed by atoms with E-state index < -0.39 is 10.0 Å². The third-order valence-corrected chi connectivity index (χ3v) is 4.70. The summed E-state index contributed by atoms with van der Waals surface area (Å²) in [4.78, 5) is 0.00491. The number of sulfonamides is 1. The molecule has 1 aromatic heterocycles. The van der Waals surface area contributed by atoms with Crippen LogP contribution >= 0.6 is 15.9 Å². The van der Waals surface area contributed by atoms with E-state index in [4.69, 9.17) is 9.52 Å². The molecule has 0 bridgehead atoms. The molecule has 96 valence electrons. The highest BCUT2D eigenvalue weighted by molar-refractivity contribution is 9.10. The van der Waals surface area contributed by atoms with Gasteiger partial charge in [0.25, 0.3) is 0 Å². The number of aliphatic hydroxyl groups is 1. The van der Waals surface area contributed by atoms with Gasteiger partial charge in [-0.05, 0) is 22.9 Å². The van der Waals surface area contributed by atoms with Crippen LogP contribution in [0.2, 0.25) is 0 Å². The molecule has 7 heteroatoms. The van der Waals surface area contributed by atoms with Crippen LogP contribution in [-0.4, -0.2) is 31.4 Å². The Kier molecular flexibility index (Phi) is 4.54. The lowest BCUT2D eigenvalue weighted by Gasteiger charge is -2.15. The van der Waals surface area contributed by atoms with E-state index in [1.807, 2.05) is 0 Å². The first-order chi connectivity index (χ1) is 7.78. The highest BCUT2D eigenvalue weighted by atomic mass is 79.9. The third kappa shape index (κ3) is 3.19. The smallest absolute Gasteiger partial charge is 0.247 e. The summed E-state index contributed by atoms with van der Waals surface area (Å²) in [5, 5.41) is 8.89. The van der Waals surface area contributed by atoms with E-state index in [9.17, 15) is 8.42 Å². The van der Waals surface area contributed by atoms with Crippen molar-refractivity contribution in [3.63, 3.8) is 0 Å². The van der Waals surface area contributed by atoms with Gasteiger partial charge in [-0.25, -0.2) is 8.42 Å². The average molecular weight is 324 g/mol. The third-order valence-electron chi connectivity index (χ3n) is 2.04. The highest BCUT2D eigenvalue weighted by Gasteiger charge is 2.26.